The predicted octanol–water partition coefficient (Wildman–Crippen LogP) is 4.67. The fourth-order valence-electron chi connectivity index (χ4n) is 3.64. The quantitative estimate of drug-likeness (QED) is 0.632. The van der Waals surface area contributed by atoms with Gasteiger partial charge in [0.25, 0.3) is 0 Å². The summed E-state index contributed by atoms with van der Waals surface area (Å²) < 4.78 is 29.7. The number of benzene rings is 1. The van der Waals surface area contributed by atoms with Crippen LogP contribution in [-0.2, 0) is 21.9 Å². The van der Waals surface area contributed by atoms with Crippen molar-refractivity contribution in [3.63, 3.8) is 0 Å². The third kappa shape index (κ3) is 5.34. The normalized spacial score (nSPS) is 20.2. The Morgan fingerprint density at radius 3 is 2.37 bits per heavy atom. The Morgan fingerprint density at radius 1 is 1.13 bits per heavy atom. The van der Waals surface area contributed by atoms with Gasteiger partial charge in [-0.05, 0) is 80.1 Å². The van der Waals surface area contributed by atoms with Gasteiger partial charge in [0.15, 0.2) is 0 Å². The van der Waals surface area contributed by atoms with Crippen molar-refractivity contribution >= 4 is 37.5 Å². The summed E-state index contributed by atoms with van der Waals surface area (Å²) in [7, 11) is -1.40. The zero-order valence-corrected chi connectivity index (χ0v) is 20.3. The van der Waals surface area contributed by atoms with Crippen LogP contribution in [-0.4, -0.2) is 29.7 Å². The van der Waals surface area contributed by atoms with Crippen LogP contribution in [0.2, 0.25) is 0 Å². The van der Waals surface area contributed by atoms with E-state index in [4.69, 9.17) is 0 Å². The molecule has 1 aromatic carbocycles. The lowest BCUT2D eigenvalue weighted by atomic mass is 9.86. The van der Waals surface area contributed by atoms with Gasteiger partial charge in [0.05, 0.1) is 4.75 Å². The Morgan fingerprint density at radius 2 is 1.80 bits per heavy atom. The lowest BCUT2D eigenvalue weighted by molar-refractivity contribution is -0.120. The number of halogens is 1. The minimum atomic E-state index is -3.37. The molecule has 6 nitrogen and oxygen atoms in total. The Hall–Kier alpha value is -1.64. The van der Waals surface area contributed by atoms with Crippen molar-refractivity contribution in [2.24, 2.45) is 13.0 Å². The predicted molar refractivity (Wildman–Crippen MR) is 125 cm³/mol. The molecular formula is C22H30BrN3O3S. The van der Waals surface area contributed by atoms with E-state index in [1.807, 2.05) is 48.3 Å². The highest BCUT2D eigenvalue weighted by atomic mass is 79.9. The first-order valence-electron chi connectivity index (χ1n) is 10.2. The molecule has 0 aliphatic heterocycles. The smallest absolute Gasteiger partial charge is 0.227 e. The largest absolute Gasteiger partial charge is 0.355 e. The SMILES string of the molecule is Cn1cc(Br)c(-c2cccc(NC(=O)C3CCC(NS(=O)(=O)C(C)(C)C)CC3)c2)c1. The second kappa shape index (κ2) is 8.85. The maximum Gasteiger partial charge on any atom is 0.227 e. The average Bonchev–Trinajstić information content (AvgIpc) is 2.99. The molecule has 0 radical (unpaired) electrons. The Balaban J connectivity index is 1.59. The summed E-state index contributed by atoms with van der Waals surface area (Å²) in [6.45, 7) is 5.07. The summed E-state index contributed by atoms with van der Waals surface area (Å²) >= 11 is 3.57. The molecule has 1 amide bonds. The van der Waals surface area contributed by atoms with Gasteiger partial charge in [0.1, 0.15) is 0 Å². The van der Waals surface area contributed by atoms with E-state index in [9.17, 15) is 13.2 Å². The number of aromatic nitrogens is 1. The van der Waals surface area contributed by atoms with E-state index in [1.165, 1.54) is 0 Å². The molecule has 1 fully saturated rings. The van der Waals surface area contributed by atoms with Crippen molar-refractivity contribution in [1.29, 1.82) is 0 Å². The van der Waals surface area contributed by atoms with Crippen molar-refractivity contribution in [3.8, 4) is 11.1 Å². The van der Waals surface area contributed by atoms with E-state index < -0.39 is 14.8 Å². The number of rotatable bonds is 5. The van der Waals surface area contributed by atoms with Gasteiger partial charge in [0, 0.05) is 47.1 Å². The number of amides is 1. The molecule has 0 bridgehead atoms. The molecule has 8 heteroatoms. The number of carbonyl (C=O) groups is 1. The highest BCUT2D eigenvalue weighted by molar-refractivity contribution is 9.10. The molecule has 1 heterocycles. The van der Waals surface area contributed by atoms with Gasteiger partial charge in [-0.15, -0.1) is 0 Å². The van der Waals surface area contributed by atoms with E-state index in [1.54, 1.807) is 20.8 Å². The van der Waals surface area contributed by atoms with Crippen molar-refractivity contribution < 1.29 is 13.2 Å². The molecule has 30 heavy (non-hydrogen) atoms. The van der Waals surface area contributed by atoms with Crippen molar-refractivity contribution in [1.82, 2.24) is 9.29 Å². The average molecular weight is 496 g/mol. The number of aryl methyl sites for hydroxylation is 1. The van der Waals surface area contributed by atoms with Gasteiger partial charge >= 0.3 is 0 Å². The first-order valence-corrected chi connectivity index (χ1v) is 12.5. The van der Waals surface area contributed by atoms with Crippen LogP contribution in [0.4, 0.5) is 5.69 Å². The molecule has 3 rings (SSSR count). The molecule has 164 valence electrons. The van der Waals surface area contributed by atoms with Gasteiger partial charge in [-0.3, -0.25) is 4.79 Å². The van der Waals surface area contributed by atoms with Crippen LogP contribution in [0, 0.1) is 5.92 Å². The summed E-state index contributed by atoms with van der Waals surface area (Å²) in [6, 6.07) is 7.71. The molecule has 0 atom stereocenters. The van der Waals surface area contributed by atoms with Crippen LogP contribution in [0.25, 0.3) is 11.1 Å². The lowest BCUT2D eigenvalue weighted by Crippen LogP contribution is -2.46. The molecule has 1 aliphatic rings. The zero-order valence-electron chi connectivity index (χ0n) is 17.9. The number of carbonyl (C=O) groups excluding carboxylic acids is 1. The number of hydrogen-bond acceptors (Lipinski definition) is 3. The second-order valence-electron chi connectivity index (χ2n) is 9.04. The third-order valence-corrected chi connectivity index (χ3v) is 8.46. The van der Waals surface area contributed by atoms with E-state index >= 15 is 0 Å². The maximum atomic E-state index is 12.8. The summed E-state index contributed by atoms with van der Waals surface area (Å²) in [5, 5.41) is 3.04. The number of hydrogen-bond donors (Lipinski definition) is 2. The van der Waals surface area contributed by atoms with Gasteiger partial charge in [-0.25, -0.2) is 13.1 Å². The topological polar surface area (TPSA) is 80.2 Å². The highest BCUT2D eigenvalue weighted by Crippen LogP contribution is 2.31. The molecule has 0 spiro atoms. The summed E-state index contributed by atoms with van der Waals surface area (Å²) in [5.41, 5.74) is 2.87. The van der Waals surface area contributed by atoms with Gasteiger partial charge in [-0.1, -0.05) is 12.1 Å². The minimum Gasteiger partial charge on any atom is -0.355 e. The van der Waals surface area contributed by atoms with Crippen LogP contribution in [0.5, 0.6) is 0 Å². The Labute approximate surface area is 187 Å². The number of nitrogens with zero attached hydrogens (tertiary/aromatic N) is 1. The van der Waals surface area contributed by atoms with E-state index in [2.05, 4.69) is 26.0 Å². The van der Waals surface area contributed by atoms with Gasteiger partial charge in [0.2, 0.25) is 15.9 Å². The maximum absolute atomic E-state index is 12.8. The van der Waals surface area contributed by atoms with Crippen molar-refractivity contribution in [2.45, 2.75) is 57.2 Å². The fourth-order valence-corrected chi connectivity index (χ4v) is 5.32. The summed E-state index contributed by atoms with van der Waals surface area (Å²) in [5.74, 6) is -0.107. The van der Waals surface area contributed by atoms with E-state index in [0.29, 0.717) is 25.7 Å². The molecule has 2 N–H and O–H groups in total. The van der Waals surface area contributed by atoms with Gasteiger partial charge in [-0.2, -0.15) is 0 Å². The van der Waals surface area contributed by atoms with Crippen LogP contribution in [0.1, 0.15) is 46.5 Å². The van der Waals surface area contributed by atoms with Gasteiger partial charge < -0.3 is 9.88 Å². The van der Waals surface area contributed by atoms with Crippen molar-refractivity contribution in [3.05, 3.63) is 41.1 Å². The van der Waals surface area contributed by atoms with Crippen LogP contribution < -0.4 is 10.0 Å². The monoisotopic (exact) mass is 495 g/mol. The lowest BCUT2D eigenvalue weighted by Gasteiger charge is -2.30. The van der Waals surface area contributed by atoms with Crippen LogP contribution in [0.15, 0.2) is 41.1 Å². The summed E-state index contributed by atoms with van der Waals surface area (Å²) in [6.07, 6.45) is 6.72. The first-order chi connectivity index (χ1) is 14.0. The summed E-state index contributed by atoms with van der Waals surface area (Å²) in [4.78, 5) is 12.8. The minimum absolute atomic E-state index is 0.00333. The first kappa shape index (κ1) is 23.0. The molecular weight excluding hydrogens is 466 g/mol. The molecule has 1 saturated carbocycles. The third-order valence-electron chi connectivity index (χ3n) is 5.57. The number of anilines is 1. The van der Waals surface area contributed by atoms with Crippen LogP contribution in [0.3, 0.4) is 0 Å². The molecule has 2 aromatic rings. The highest BCUT2D eigenvalue weighted by Gasteiger charge is 2.34. The van der Waals surface area contributed by atoms with E-state index in [0.717, 1.165) is 21.3 Å². The second-order valence-corrected chi connectivity index (χ2v) is 12.4. The van der Waals surface area contributed by atoms with Crippen LogP contribution >= 0.6 is 15.9 Å². The number of nitrogens with one attached hydrogen (secondary N) is 2. The molecule has 0 saturated heterocycles. The number of sulfonamides is 1. The molecule has 0 unspecified atom stereocenters. The van der Waals surface area contributed by atoms with Crippen molar-refractivity contribution in [2.75, 3.05) is 5.32 Å². The fraction of sp³-hybridized carbons (Fsp3) is 0.500. The molecule has 1 aromatic heterocycles. The molecule has 1 aliphatic carbocycles. The van der Waals surface area contributed by atoms with E-state index in [-0.39, 0.29) is 17.9 Å². The Bertz CT molecular complexity index is 1020. The Kier molecular flexibility index (Phi) is 6.79. The standard InChI is InChI=1S/C22H30BrN3O3S/c1-22(2,3)30(28,29)25-17-10-8-15(9-11-17)21(27)24-18-7-5-6-16(12-18)19-13-26(4)14-20(19)23/h5-7,12-15,17,25H,8-11H2,1-4H3,(H,24,27). The zero-order chi connectivity index (χ0) is 22.1.